The second-order valence-electron chi connectivity index (χ2n) is 3.75. The van der Waals surface area contributed by atoms with Crippen LogP contribution in [0.15, 0.2) is 24.3 Å². The number of hydrogen-bond acceptors (Lipinski definition) is 1. The summed E-state index contributed by atoms with van der Waals surface area (Å²) in [5.74, 6) is 0.0742. The third-order valence-corrected chi connectivity index (χ3v) is 2.39. The van der Waals surface area contributed by atoms with Gasteiger partial charge in [0.1, 0.15) is 0 Å². The van der Waals surface area contributed by atoms with E-state index >= 15 is 0 Å². The Bertz CT molecular complexity index is 319. The van der Waals surface area contributed by atoms with Crippen molar-refractivity contribution in [1.29, 1.82) is 0 Å². The molecule has 82 valence electrons. The molecule has 3 heteroatoms. The molecule has 0 bridgehead atoms. The maximum Gasteiger partial charge on any atom is 0.224 e. The van der Waals surface area contributed by atoms with E-state index in [-0.39, 0.29) is 5.91 Å². The van der Waals surface area contributed by atoms with Gasteiger partial charge in [-0.1, -0.05) is 52.7 Å². The van der Waals surface area contributed by atoms with E-state index in [0.29, 0.717) is 17.8 Å². The molecule has 1 aromatic rings. The van der Waals surface area contributed by atoms with Gasteiger partial charge in [-0.2, -0.15) is 0 Å². The van der Waals surface area contributed by atoms with Crippen LogP contribution in [-0.4, -0.2) is 17.3 Å². The molecule has 0 fully saturated rings. The molecule has 0 spiro atoms. The normalized spacial score (nSPS) is 12.2. The van der Waals surface area contributed by atoms with Gasteiger partial charge in [0.05, 0.1) is 6.42 Å². The number of amides is 1. The molecule has 0 heterocycles. The SMILES string of the molecule is Cc1ccc(CC(=O)NCC(C)Br)cc1. The third kappa shape index (κ3) is 4.98. The molecule has 1 atom stereocenters. The maximum absolute atomic E-state index is 11.5. The van der Waals surface area contributed by atoms with Crippen LogP contribution in [0.4, 0.5) is 0 Å². The first-order chi connectivity index (χ1) is 7.08. The van der Waals surface area contributed by atoms with Gasteiger partial charge in [0.25, 0.3) is 0 Å². The lowest BCUT2D eigenvalue weighted by Gasteiger charge is -2.06. The summed E-state index contributed by atoms with van der Waals surface area (Å²) in [7, 11) is 0. The van der Waals surface area contributed by atoms with E-state index in [0.717, 1.165) is 5.56 Å². The summed E-state index contributed by atoms with van der Waals surface area (Å²) < 4.78 is 0. The molecular weight excluding hydrogens is 254 g/mol. The number of hydrogen-bond donors (Lipinski definition) is 1. The molecule has 15 heavy (non-hydrogen) atoms. The highest BCUT2D eigenvalue weighted by Crippen LogP contribution is 2.03. The van der Waals surface area contributed by atoms with E-state index in [1.807, 2.05) is 38.1 Å². The van der Waals surface area contributed by atoms with E-state index in [9.17, 15) is 4.79 Å². The minimum atomic E-state index is 0.0742. The van der Waals surface area contributed by atoms with Crippen molar-refractivity contribution in [3.05, 3.63) is 35.4 Å². The molecule has 0 aliphatic carbocycles. The zero-order valence-electron chi connectivity index (χ0n) is 9.09. The summed E-state index contributed by atoms with van der Waals surface area (Å²) >= 11 is 3.38. The van der Waals surface area contributed by atoms with Gasteiger partial charge in [0.2, 0.25) is 5.91 Å². The standard InChI is InChI=1S/C12H16BrNO/c1-9-3-5-11(6-4-9)7-12(15)14-8-10(2)13/h3-6,10H,7-8H2,1-2H3,(H,14,15). The third-order valence-electron chi connectivity index (χ3n) is 2.07. The largest absolute Gasteiger partial charge is 0.355 e. The summed E-state index contributed by atoms with van der Waals surface area (Å²) in [5.41, 5.74) is 2.27. The van der Waals surface area contributed by atoms with E-state index in [1.54, 1.807) is 0 Å². The van der Waals surface area contributed by atoms with E-state index in [4.69, 9.17) is 0 Å². The second-order valence-corrected chi connectivity index (χ2v) is 5.31. The molecule has 1 amide bonds. The highest BCUT2D eigenvalue weighted by molar-refractivity contribution is 9.09. The monoisotopic (exact) mass is 269 g/mol. The quantitative estimate of drug-likeness (QED) is 0.836. The Balaban J connectivity index is 2.41. The number of halogens is 1. The number of aryl methyl sites for hydroxylation is 1. The fraction of sp³-hybridized carbons (Fsp3) is 0.417. The summed E-state index contributed by atoms with van der Waals surface area (Å²) in [4.78, 5) is 11.8. The molecule has 0 radical (unpaired) electrons. The van der Waals surface area contributed by atoms with Gasteiger partial charge in [-0.15, -0.1) is 0 Å². The Kier molecular flexibility index (Phi) is 4.82. The molecular formula is C12H16BrNO. The number of carbonyl (C=O) groups excluding carboxylic acids is 1. The molecule has 0 aliphatic heterocycles. The summed E-state index contributed by atoms with van der Waals surface area (Å²) in [6.07, 6.45) is 0.458. The smallest absolute Gasteiger partial charge is 0.224 e. The van der Waals surface area contributed by atoms with Crippen molar-refractivity contribution in [1.82, 2.24) is 5.32 Å². The van der Waals surface area contributed by atoms with Crippen LogP contribution < -0.4 is 5.32 Å². The van der Waals surface area contributed by atoms with E-state index in [2.05, 4.69) is 21.2 Å². The molecule has 0 saturated carbocycles. The van der Waals surface area contributed by atoms with E-state index in [1.165, 1.54) is 5.56 Å². The van der Waals surface area contributed by atoms with Crippen LogP contribution in [0.2, 0.25) is 0 Å². The highest BCUT2D eigenvalue weighted by atomic mass is 79.9. The minimum absolute atomic E-state index is 0.0742. The zero-order chi connectivity index (χ0) is 11.3. The van der Waals surface area contributed by atoms with Gasteiger partial charge < -0.3 is 5.32 Å². The van der Waals surface area contributed by atoms with E-state index < -0.39 is 0 Å². The lowest BCUT2D eigenvalue weighted by molar-refractivity contribution is -0.120. The van der Waals surface area contributed by atoms with Gasteiger partial charge in [-0.05, 0) is 12.5 Å². The average Bonchev–Trinajstić information content (AvgIpc) is 2.19. The van der Waals surface area contributed by atoms with Crippen molar-refractivity contribution >= 4 is 21.8 Å². The number of carbonyl (C=O) groups is 1. The predicted molar refractivity (Wildman–Crippen MR) is 66.3 cm³/mol. The molecule has 1 unspecified atom stereocenters. The molecule has 2 nitrogen and oxygen atoms in total. The average molecular weight is 270 g/mol. The van der Waals surface area contributed by atoms with Crippen molar-refractivity contribution in [3.8, 4) is 0 Å². The molecule has 1 aromatic carbocycles. The van der Waals surface area contributed by atoms with Crippen LogP contribution in [0.5, 0.6) is 0 Å². The van der Waals surface area contributed by atoms with Crippen LogP contribution >= 0.6 is 15.9 Å². The maximum atomic E-state index is 11.5. The van der Waals surface area contributed by atoms with Gasteiger partial charge in [0.15, 0.2) is 0 Å². The van der Waals surface area contributed by atoms with Crippen LogP contribution in [0, 0.1) is 6.92 Å². The zero-order valence-corrected chi connectivity index (χ0v) is 10.7. The minimum Gasteiger partial charge on any atom is -0.355 e. The van der Waals surface area contributed by atoms with Crippen LogP contribution in [0.1, 0.15) is 18.1 Å². The van der Waals surface area contributed by atoms with Crippen molar-refractivity contribution in [3.63, 3.8) is 0 Å². The molecule has 0 aromatic heterocycles. The van der Waals surface area contributed by atoms with Gasteiger partial charge >= 0.3 is 0 Å². The lowest BCUT2D eigenvalue weighted by Crippen LogP contribution is -2.29. The Labute approximate surface area is 99.2 Å². The first-order valence-electron chi connectivity index (χ1n) is 5.04. The number of alkyl halides is 1. The Morgan fingerprint density at radius 1 is 1.40 bits per heavy atom. The predicted octanol–water partition coefficient (Wildman–Crippen LogP) is 2.44. The lowest BCUT2D eigenvalue weighted by atomic mass is 10.1. The topological polar surface area (TPSA) is 29.1 Å². The fourth-order valence-corrected chi connectivity index (χ4v) is 1.37. The first kappa shape index (κ1) is 12.2. The Hall–Kier alpha value is -0.830. The van der Waals surface area contributed by atoms with Gasteiger partial charge in [-0.3, -0.25) is 4.79 Å². The Morgan fingerprint density at radius 3 is 2.53 bits per heavy atom. The summed E-state index contributed by atoms with van der Waals surface area (Å²) in [6, 6.07) is 8.03. The van der Waals surface area contributed by atoms with Crippen LogP contribution in [-0.2, 0) is 11.2 Å². The van der Waals surface area contributed by atoms with Crippen molar-refractivity contribution < 1.29 is 4.79 Å². The summed E-state index contributed by atoms with van der Waals surface area (Å²) in [5, 5.41) is 2.86. The van der Waals surface area contributed by atoms with Crippen molar-refractivity contribution in [2.24, 2.45) is 0 Å². The number of benzene rings is 1. The van der Waals surface area contributed by atoms with Crippen LogP contribution in [0.3, 0.4) is 0 Å². The molecule has 0 saturated heterocycles. The van der Waals surface area contributed by atoms with Gasteiger partial charge in [0, 0.05) is 11.4 Å². The van der Waals surface area contributed by atoms with Crippen molar-refractivity contribution in [2.75, 3.05) is 6.54 Å². The number of rotatable bonds is 4. The Morgan fingerprint density at radius 2 is 2.00 bits per heavy atom. The van der Waals surface area contributed by atoms with Gasteiger partial charge in [-0.25, -0.2) is 0 Å². The highest BCUT2D eigenvalue weighted by Gasteiger charge is 2.03. The first-order valence-corrected chi connectivity index (χ1v) is 5.96. The molecule has 1 rings (SSSR count). The van der Waals surface area contributed by atoms with Crippen molar-refractivity contribution in [2.45, 2.75) is 25.1 Å². The molecule has 1 N–H and O–H groups in total. The fourth-order valence-electron chi connectivity index (χ4n) is 1.21. The summed E-state index contributed by atoms with van der Waals surface area (Å²) in [6.45, 7) is 4.72. The molecule has 0 aliphatic rings. The number of nitrogens with one attached hydrogen (secondary N) is 1. The second kappa shape index (κ2) is 5.91. The van der Waals surface area contributed by atoms with Crippen LogP contribution in [0.25, 0.3) is 0 Å².